The van der Waals surface area contributed by atoms with Crippen LogP contribution in [0.1, 0.15) is 30.9 Å². The highest BCUT2D eigenvalue weighted by molar-refractivity contribution is 7.13. The molecule has 0 spiro atoms. The Kier molecular flexibility index (Phi) is 4.21. The van der Waals surface area contributed by atoms with E-state index < -0.39 is 17.8 Å². The molecule has 28 heavy (non-hydrogen) atoms. The first kappa shape index (κ1) is 17.8. The van der Waals surface area contributed by atoms with Gasteiger partial charge in [-0.05, 0) is 37.0 Å². The van der Waals surface area contributed by atoms with Crippen LogP contribution in [0.15, 0.2) is 41.1 Å². The third-order valence-corrected chi connectivity index (χ3v) is 6.61. The number of hydrogen-bond acceptors (Lipinski definition) is 6. The fraction of sp³-hybridized carbons (Fsp3) is 0.368. The number of hydrogen-bond donors (Lipinski definition) is 0. The lowest BCUT2D eigenvalue weighted by molar-refractivity contribution is -0.131. The minimum Gasteiger partial charge on any atom is -0.483 e. The van der Waals surface area contributed by atoms with Crippen LogP contribution in [0.5, 0.6) is 0 Å². The zero-order valence-electron chi connectivity index (χ0n) is 14.5. The molecule has 1 aromatic carbocycles. The molecule has 1 aromatic heterocycles. The topological polar surface area (TPSA) is 72.4 Å². The summed E-state index contributed by atoms with van der Waals surface area (Å²) in [5, 5.41) is 8.11. The molecule has 1 aliphatic carbocycles. The Bertz CT molecular complexity index is 979. The lowest BCUT2D eigenvalue weighted by atomic mass is 9.77. The average Bonchev–Trinajstić information content (AvgIpc) is 3.30. The van der Waals surface area contributed by atoms with Crippen molar-refractivity contribution in [1.29, 1.82) is 0 Å². The molecule has 6 nitrogen and oxygen atoms in total. The van der Waals surface area contributed by atoms with Gasteiger partial charge < -0.3 is 4.74 Å². The van der Waals surface area contributed by atoms with Gasteiger partial charge in [-0.3, -0.25) is 14.5 Å². The number of aromatic nitrogens is 2. The number of rotatable bonds is 2. The van der Waals surface area contributed by atoms with Gasteiger partial charge in [0.15, 0.2) is 11.5 Å². The summed E-state index contributed by atoms with van der Waals surface area (Å²) in [6.07, 6.45) is 1.56. The van der Waals surface area contributed by atoms with Crippen molar-refractivity contribution < 1.29 is 18.7 Å². The second-order valence-corrected chi connectivity index (χ2v) is 8.56. The van der Waals surface area contributed by atoms with E-state index in [2.05, 4.69) is 10.2 Å². The van der Waals surface area contributed by atoms with Crippen LogP contribution >= 0.6 is 22.9 Å². The van der Waals surface area contributed by atoms with Crippen LogP contribution in [0, 0.1) is 11.7 Å². The van der Waals surface area contributed by atoms with E-state index in [4.69, 9.17) is 16.3 Å². The SMILES string of the molecule is O=C1C2=C(OC3CCC(Cl)CC13)C(=O)N(c1nncs1)C2c1ccc(F)cc1. The summed E-state index contributed by atoms with van der Waals surface area (Å²) >= 11 is 7.49. The Morgan fingerprint density at radius 2 is 2.00 bits per heavy atom. The first-order chi connectivity index (χ1) is 13.5. The molecule has 1 amide bonds. The molecule has 0 saturated heterocycles. The maximum Gasteiger partial charge on any atom is 0.296 e. The maximum absolute atomic E-state index is 13.5. The molecular formula is C19H15ClFN3O3S. The average molecular weight is 420 g/mol. The third kappa shape index (κ3) is 2.66. The van der Waals surface area contributed by atoms with Crippen molar-refractivity contribution in [2.24, 2.45) is 5.92 Å². The van der Waals surface area contributed by atoms with E-state index in [0.717, 1.165) is 6.42 Å². The number of ketones is 1. The van der Waals surface area contributed by atoms with E-state index in [0.29, 0.717) is 29.1 Å². The molecule has 4 atom stereocenters. The van der Waals surface area contributed by atoms with Crippen LogP contribution in [-0.4, -0.2) is 33.4 Å². The number of carbonyl (C=O) groups excluding carboxylic acids is 2. The summed E-state index contributed by atoms with van der Waals surface area (Å²) in [6.45, 7) is 0. The lowest BCUT2D eigenvalue weighted by Gasteiger charge is -2.37. The summed E-state index contributed by atoms with van der Waals surface area (Å²) in [5.41, 5.74) is 2.43. The zero-order valence-corrected chi connectivity index (χ0v) is 16.1. The molecule has 9 heteroatoms. The standard InChI is InChI=1S/C19H15ClFN3O3S/c20-10-3-6-13-12(7-10)16(25)14-15(9-1-4-11(21)5-2-9)24(18(26)17(14)27-13)19-23-22-8-28-19/h1-2,4-5,8,10,12-13,15H,3,6-7H2. The molecular weight excluding hydrogens is 405 g/mol. The normalized spacial score (nSPS) is 29.6. The Morgan fingerprint density at radius 3 is 2.71 bits per heavy atom. The fourth-order valence-corrected chi connectivity index (χ4v) is 5.15. The molecule has 3 aliphatic rings. The van der Waals surface area contributed by atoms with Crippen molar-refractivity contribution >= 4 is 39.8 Å². The minimum absolute atomic E-state index is 0.0730. The van der Waals surface area contributed by atoms with E-state index >= 15 is 0 Å². The van der Waals surface area contributed by atoms with Gasteiger partial charge in [-0.25, -0.2) is 4.39 Å². The molecule has 1 saturated carbocycles. The molecule has 3 heterocycles. The molecule has 2 aliphatic heterocycles. The van der Waals surface area contributed by atoms with Crippen LogP contribution in [0.4, 0.5) is 9.52 Å². The molecule has 1 fully saturated rings. The van der Waals surface area contributed by atoms with Crippen molar-refractivity contribution in [2.75, 3.05) is 4.90 Å². The van der Waals surface area contributed by atoms with E-state index in [1.165, 1.54) is 33.9 Å². The quantitative estimate of drug-likeness (QED) is 0.697. The Morgan fingerprint density at radius 1 is 1.21 bits per heavy atom. The summed E-state index contributed by atoms with van der Waals surface area (Å²) < 4.78 is 19.5. The van der Waals surface area contributed by atoms with Crippen LogP contribution in [0.3, 0.4) is 0 Å². The summed E-state index contributed by atoms with van der Waals surface area (Å²) in [7, 11) is 0. The van der Waals surface area contributed by atoms with Gasteiger partial charge in [-0.1, -0.05) is 23.5 Å². The van der Waals surface area contributed by atoms with Gasteiger partial charge in [0.2, 0.25) is 5.13 Å². The van der Waals surface area contributed by atoms with Gasteiger partial charge in [0, 0.05) is 5.38 Å². The number of anilines is 1. The highest BCUT2D eigenvalue weighted by Gasteiger charge is 2.53. The monoisotopic (exact) mass is 419 g/mol. The van der Waals surface area contributed by atoms with E-state index in [1.54, 1.807) is 12.1 Å². The second-order valence-electron chi connectivity index (χ2n) is 7.13. The largest absolute Gasteiger partial charge is 0.483 e. The van der Waals surface area contributed by atoms with Gasteiger partial charge >= 0.3 is 0 Å². The number of ether oxygens (including phenoxy) is 1. The van der Waals surface area contributed by atoms with Crippen molar-refractivity contribution in [3.8, 4) is 0 Å². The molecule has 0 radical (unpaired) electrons. The van der Waals surface area contributed by atoms with Gasteiger partial charge in [-0.2, -0.15) is 0 Å². The Labute approximate surface area is 169 Å². The number of nitrogens with zero attached hydrogens (tertiary/aromatic N) is 3. The predicted octanol–water partition coefficient (Wildman–Crippen LogP) is 3.39. The summed E-state index contributed by atoms with van der Waals surface area (Å²) in [5.74, 6) is -1.23. The molecule has 4 unspecified atom stereocenters. The smallest absolute Gasteiger partial charge is 0.296 e. The van der Waals surface area contributed by atoms with Gasteiger partial charge in [0.05, 0.1) is 17.5 Å². The fourth-order valence-electron chi connectivity index (χ4n) is 4.25. The van der Waals surface area contributed by atoms with Crippen LogP contribution in [-0.2, 0) is 14.3 Å². The minimum atomic E-state index is -0.722. The maximum atomic E-state index is 13.5. The first-order valence-electron chi connectivity index (χ1n) is 8.99. The molecule has 2 aromatic rings. The number of carbonyl (C=O) groups is 2. The molecule has 0 bridgehead atoms. The van der Waals surface area contributed by atoms with Crippen molar-refractivity contribution in [1.82, 2.24) is 10.2 Å². The summed E-state index contributed by atoms with van der Waals surface area (Å²) in [4.78, 5) is 28.0. The van der Waals surface area contributed by atoms with Gasteiger partial charge in [0.1, 0.15) is 17.4 Å². The van der Waals surface area contributed by atoms with Gasteiger partial charge in [0.25, 0.3) is 5.91 Å². The first-order valence-corrected chi connectivity index (χ1v) is 10.3. The van der Waals surface area contributed by atoms with Gasteiger partial charge in [-0.15, -0.1) is 21.8 Å². The number of benzene rings is 1. The predicted molar refractivity (Wildman–Crippen MR) is 100 cm³/mol. The van der Waals surface area contributed by atoms with Crippen molar-refractivity contribution in [3.05, 3.63) is 52.5 Å². The molecule has 0 N–H and O–H groups in total. The van der Waals surface area contributed by atoms with Crippen LogP contribution in [0.25, 0.3) is 0 Å². The lowest BCUT2D eigenvalue weighted by Crippen LogP contribution is -2.41. The highest BCUT2D eigenvalue weighted by Crippen LogP contribution is 2.48. The second kappa shape index (κ2) is 6.63. The third-order valence-electron chi connectivity index (χ3n) is 5.52. The number of Topliss-reactive ketones (excluding diaryl/α,β-unsaturated/α-hetero) is 1. The van der Waals surface area contributed by atoms with Crippen LogP contribution < -0.4 is 4.90 Å². The Balaban J connectivity index is 1.64. The number of alkyl halides is 1. The summed E-state index contributed by atoms with van der Waals surface area (Å²) in [6, 6.07) is 5.04. The van der Waals surface area contributed by atoms with E-state index in [1.807, 2.05) is 0 Å². The van der Waals surface area contributed by atoms with E-state index in [9.17, 15) is 14.0 Å². The van der Waals surface area contributed by atoms with Crippen molar-refractivity contribution in [3.63, 3.8) is 0 Å². The highest BCUT2D eigenvalue weighted by atomic mass is 35.5. The molecule has 5 rings (SSSR count). The van der Waals surface area contributed by atoms with Crippen molar-refractivity contribution in [2.45, 2.75) is 36.8 Å². The number of halogens is 2. The Hall–Kier alpha value is -2.32. The zero-order chi connectivity index (χ0) is 19.4. The number of fused-ring (bicyclic) bond motifs is 1. The number of amides is 1. The van der Waals surface area contributed by atoms with E-state index in [-0.39, 0.29) is 28.9 Å². The molecule has 144 valence electrons. The van der Waals surface area contributed by atoms with Crippen LogP contribution in [0.2, 0.25) is 0 Å².